The maximum atomic E-state index is 13.1. The third-order valence-electron chi connectivity index (χ3n) is 3.44. The van der Waals surface area contributed by atoms with Gasteiger partial charge in [0.2, 0.25) is 5.91 Å². The minimum absolute atomic E-state index is 0.000517. The number of halogens is 2. The van der Waals surface area contributed by atoms with Crippen LogP contribution in [-0.2, 0) is 4.79 Å². The number of carbonyl (C=O) groups is 1. The van der Waals surface area contributed by atoms with Crippen molar-refractivity contribution in [2.24, 2.45) is 0 Å². The third-order valence-corrected chi connectivity index (χ3v) is 4.94. The summed E-state index contributed by atoms with van der Waals surface area (Å²) in [5.74, 6) is 0.645. The number of nitrogens with zero attached hydrogens (tertiary/aromatic N) is 1. The number of hydrogen-bond donors (Lipinski definition) is 0. The zero-order chi connectivity index (χ0) is 15.7. The van der Waals surface area contributed by atoms with Crippen molar-refractivity contribution in [3.05, 3.63) is 58.9 Å². The van der Waals surface area contributed by atoms with Crippen molar-refractivity contribution in [1.29, 1.82) is 0 Å². The number of amides is 1. The van der Waals surface area contributed by atoms with E-state index in [-0.39, 0.29) is 17.1 Å². The Hall–Kier alpha value is -1.72. The standard InChI is InChI=1S/C16H13ClFNO2S/c1-21-14-7-6-12(8-13(14)17)19-15(20)9-22-16(19)10-2-4-11(18)5-3-10/h2-8,16H,9H2,1H3. The molecule has 2 aromatic rings. The lowest BCUT2D eigenvalue weighted by Gasteiger charge is -2.24. The van der Waals surface area contributed by atoms with E-state index in [4.69, 9.17) is 16.3 Å². The molecule has 0 aliphatic carbocycles. The summed E-state index contributed by atoms with van der Waals surface area (Å²) < 4.78 is 18.2. The molecule has 1 fully saturated rings. The number of hydrogen-bond acceptors (Lipinski definition) is 3. The maximum Gasteiger partial charge on any atom is 0.238 e. The number of benzene rings is 2. The number of carbonyl (C=O) groups excluding carboxylic acids is 1. The first-order chi connectivity index (χ1) is 10.6. The van der Waals surface area contributed by atoms with Crippen molar-refractivity contribution in [3.63, 3.8) is 0 Å². The van der Waals surface area contributed by atoms with Crippen LogP contribution in [0, 0.1) is 5.82 Å². The number of rotatable bonds is 3. The highest BCUT2D eigenvalue weighted by Crippen LogP contribution is 2.43. The summed E-state index contributed by atoms with van der Waals surface area (Å²) in [5, 5.41) is 0.264. The second-order valence-corrected chi connectivity index (χ2v) is 6.27. The van der Waals surface area contributed by atoms with E-state index in [0.29, 0.717) is 22.2 Å². The van der Waals surface area contributed by atoms with Gasteiger partial charge in [-0.15, -0.1) is 11.8 Å². The molecule has 3 rings (SSSR count). The Morgan fingerprint density at radius 1 is 1.27 bits per heavy atom. The molecule has 1 heterocycles. The Balaban J connectivity index is 1.97. The Bertz CT molecular complexity index is 708. The molecular weight excluding hydrogens is 325 g/mol. The largest absolute Gasteiger partial charge is 0.495 e. The maximum absolute atomic E-state index is 13.1. The molecule has 1 saturated heterocycles. The average Bonchev–Trinajstić information content (AvgIpc) is 2.89. The van der Waals surface area contributed by atoms with Gasteiger partial charge in [-0.05, 0) is 35.9 Å². The van der Waals surface area contributed by atoms with Crippen molar-refractivity contribution >= 4 is 35.0 Å². The van der Waals surface area contributed by atoms with Crippen LogP contribution < -0.4 is 9.64 Å². The molecular formula is C16H13ClFNO2S. The van der Waals surface area contributed by atoms with E-state index in [2.05, 4.69) is 0 Å². The predicted octanol–water partition coefficient (Wildman–Crippen LogP) is 4.27. The minimum Gasteiger partial charge on any atom is -0.495 e. The first-order valence-electron chi connectivity index (χ1n) is 6.63. The molecule has 1 unspecified atom stereocenters. The van der Waals surface area contributed by atoms with Crippen molar-refractivity contribution in [3.8, 4) is 5.75 Å². The molecule has 0 radical (unpaired) electrons. The van der Waals surface area contributed by atoms with Gasteiger partial charge in [-0.3, -0.25) is 9.69 Å². The summed E-state index contributed by atoms with van der Waals surface area (Å²) in [4.78, 5) is 13.9. The molecule has 22 heavy (non-hydrogen) atoms. The quantitative estimate of drug-likeness (QED) is 0.837. The first-order valence-corrected chi connectivity index (χ1v) is 8.05. The fourth-order valence-electron chi connectivity index (χ4n) is 2.38. The highest BCUT2D eigenvalue weighted by atomic mass is 35.5. The van der Waals surface area contributed by atoms with Gasteiger partial charge in [-0.25, -0.2) is 4.39 Å². The topological polar surface area (TPSA) is 29.5 Å². The zero-order valence-electron chi connectivity index (χ0n) is 11.8. The van der Waals surface area contributed by atoms with E-state index in [1.165, 1.54) is 23.9 Å². The van der Waals surface area contributed by atoms with Crippen LogP contribution in [0.5, 0.6) is 5.75 Å². The van der Waals surface area contributed by atoms with Gasteiger partial charge in [0.15, 0.2) is 0 Å². The van der Waals surface area contributed by atoms with E-state index in [0.717, 1.165) is 5.56 Å². The van der Waals surface area contributed by atoms with E-state index in [1.54, 1.807) is 42.3 Å². The lowest BCUT2D eigenvalue weighted by atomic mass is 10.2. The second-order valence-electron chi connectivity index (χ2n) is 4.80. The monoisotopic (exact) mass is 337 g/mol. The SMILES string of the molecule is COc1ccc(N2C(=O)CSC2c2ccc(F)cc2)cc1Cl. The van der Waals surface area contributed by atoms with E-state index in [1.807, 2.05) is 0 Å². The fraction of sp³-hybridized carbons (Fsp3) is 0.188. The average molecular weight is 338 g/mol. The summed E-state index contributed by atoms with van der Waals surface area (Å²) in [5.41, 5.74) is 1.58. The number of ether oxygens (including phenoxy) is 1. The second kappa shape index (κ2) is 6.18. The Labute approximate surface area is 137 Å². The molecule has 2 aromatic carbocycles. The van der Waals surface area contributed by atoms with Crippen LogP contribution >= 0.6 is 23.4 Å². The van der Waals surface area contributed by atoms with Gasteiger partial charge < -0.3 is 4.74 Å². The normalized spacial score (nSPS) is 17.9. The van der Waals surface area contributed by atoms with Gasteiger partial charge in [0, 0.05) is 5.69 Å². The van der Waals surface area contributed by atoms with E-state index >= 15 is 0 Å². The predicted molar refractivity (Wildman–Crippen MR) is 87.1 cm³/mol. The highest BCUT2D eigenvalue weighted by Gasteiger charge is 2.34. The zero-order valence-corrected chi connectivity index (χ0v) is 13.3. The summed E-state index contributed by atoms with van der Waals surface area (Å²) >= 11 is 7.66. The Kier molecular flexibility index (Phi) is 4.27. The number of anilines is 1. The van der Waals surface area contributed by atoms with Crippen LogP contribution in [0.2, 0.25) is 5.02 Å². The number of thioether (sulfide) groups is 1. The molecule has 6 heteroatoms. The Morgan fingerprint density at radius 2 is 2.00 bits per heavy atom. The first kappa shape index (κ1) is 15.2. The molecule has 1 aliphatic heterocycles. The molecule has 1 amide bonds. The van der Waals surface area contributed by atoms with Crippen molar-refractivity contribution in [2.75, 3.05) is 17.8 Å². The molecule has 0 spiro atoms. The highest BCUT2D eigenvalue weighted by molar-refractivity contribution is 8.00. The van der Waals surface area contributed by atoms with Gasteiger partial charge in [0.1, 0.15) is 16.9 Å². The van der Waals surface area contributed by atoms with Gasteiger partial charge in [0.25, 0.3) is 0 Å². The molecule has 0 aromatic heterocycles. The van der Waals surface area contributed by atoms with Crippen LogP contribution in [0.4, 0.5) is 10.1 Å². The molecule has 114 valence electrons. The van der Waals surface area contributed by atoms with Crippen LogP contribution in [0.1, 0.15) is 10.9 Å². The van der Waals surface area contributed by atoms with Crippen LogP contribution in [-0.4, -0.2) is 18.8 Å². The lowest BCUT2D eigenvalue weighted by molar-refractivity contribution is -0.115. The summed E-state index contributed by atoms with van der Waals surface area (Å²) in [7, 11) is 1.54. The van der Waals surface area contributed by atoms with Gasteiger partial charge in [-0.1, -0.05) is 23.7 Å². The molecule has 0 saturated carbocycles. The third kappa shape index (κ3) is 2.78. The van der Waals surface area contributed by atoms with E-state index in [9.17, 15) is 9.18 Å². The number of methoxy groups -OCH3 is 1. The molecule has 1 atom stereocenters. The van der Waals surface area contributed by atoms with Crippen molar-refractivity contribution < 1.29 is 13.9 Å². The van der Waals surface area contributed by atoms with Gasteiger partial charge in [0.05, 0.1) is 17.9 Å². The smallest absolute Gasteiger partial charge is 0.238 e. The van der Waals surface area contributed by atoms with Crippen LogP contribution in [0.3, 0.4) is 0 Å². The minimum atomic E-state index is -0.294. The summed E-state index contributed by atoms with van der Waals surface area (Å²) in [6.45, 7) is 0. The molecule has 1 aliphatic rings. The molecule has 0 bridgehead atoms. The molecule has 0 N–H and O–H groups in total. The van der Waals surface area contributed by atoms with Crippen molar-refractivity contribution in [2.45, 2.75) is 5.37 Å². The van der Waals surface area contributed by atoms with Crippen LogP contribution in [0.15, 0.2) is 42.5 Å². The van der Waals surface area contributed by atoms with Crippen molar-refractivity contribution in [1.82, 2.24) is 0 Å². The summed E-state index contributed by atoms with van der Waals surface area (Å²) in [6.07, 6.45) is 0. The molecule has 3 nitrogen and oxygen atoms in total. The van der Waals surface area contributed by atoms with E-state index < -0.39 is 0 Å². The van der Waals surface area contributed by atoms with Gasteiger partial charge in [-0.2, -0.15) is 0 Å². The Morgan fingerprint density at radius 3 is 2.64 bits per heavy atom. The van der Waals surface area contributed by atoms with Gasteiger partial charge >= 0.3 is 0 Å². The summed E-state index contributed by atoms with van der Waals surface area (Å²) in [6, 6.07) is 11.4. The fourth-order valence-corrected chi connectivity index (χ4v) is 3.81. The van der Waals surface area contributed by atoms with Crippen LogP contribution in [0.25, 0.3) is 0 Å². The lowest BCUT2D eigenvalue weighted by Crippen LogP contribution is -2.27.